The van der Waals surface area contributed by atoms with Crippen LogP contribution in [-0.2, 0) is 17.5 Å². The van der Waals surface area contributed by atoms with Crippen molar-refractivity contribution in [2.45, 2.75) is 58.3 Å². The molecule has 3 heterocycles. The van der Waals surface area contributed by atoms with Crippen molar-refractivity contribution in [2.24, 2.45) is 5.73 Å². The number of carbonyl (C=O) groups excluding carboxylic acids is 2. The van der Waals surface area contributed by atoms with E-state index in [1.54, 1.807) is 29.6 Å². The topological polar surface area (TPSA) is 125 Å². The molecule has 39 heavy (non-hydrogen) atoms. The number of hydrogen-bond donors (Lipinski definition) is 2. The highest BCUT2D eigenvalue weighted by Crippen LogP contribution is 2.33. The number of amides is 2. The number of aromatic nitrogens is 4. The zero-order valence-corrected chi connectivity index (χ0v) is 21.8. The molecule has 2 amide bonds. The molecule has 0 saturated carbocycles. The molecule has 0 spiro atoms. The van der Waals surface area contributed by atoms with Crippen LogP contribution in [-0.4, -0.2) is 49.4 Å². The number of aryl methyl sites for hydroxylation is 1. The minimum absolute atomic E-state index is 0.0712. The maximum absolute atomic E-state index is 13.2. The van der Waals surface area contributed by atoms with Crippen molar-refractivity contribution in [1.29, 1.82) is 0 Å². The Morgan fingerprint density at radius 1 is 1.18 bits per heavy atom. The van der Waals surface area contributed by atoms with E-state index < -0.39 is 17.6 Å². The van der Waals surface area contributed by atoms with Gasteiger partial charge < -0.3 is 16.4 Å². The third-order valence-electron chi connectivity index (χ3n) is 6.91. The summed E-state index contributed by atoms with van der Waals surface area (Å²) in [6, 6.07) is 3.48. The lowest BCUT2D eigenvalue weighted by Crippen LogP contribution is -2.34. The molecule has 0 aliphatic carbocycles. The number of halogens is 3. The van der Waals surface area contributed by atoms with Gasteiger partial charge in [-0.3, -0.25) is 14.3 Å². The van der Waals surface area contributed by atoms with Crippen LogP contribution in [0.5, 0.6) is 0 Å². The summed E-state index contributed by atoms with van der Waals surface area (Å²) in [5.41, 5.74) is 13.3. The maximum Gasteiger partial charge on any atom is 0.416 e. The first kappa shape index (κ1) is 27.8. The van der Waals surface area contributed by atoms with Crippen LogP contribution in [0.2, 0.25) is 0 Å². The Kier molecular flexibility index (Phi) is 7.99. The standard InChI is InChI=1S/C27H30F3N7O2/c1-3-6-22(38)35-11-4-7-21(8-5-12-35)37-25(31)23(26(32)39)24(34-37)19-14-33-36(16-19)15-18-13-20(27(28,29)30)10-9-17(18)2/h9-10,13-14,16,21H,4-5,7-8,11-12,15,31H2,1-2H3,(H2,32,39). The lowest BCUT2D eigenvalue weighted by Gasteiger charge is -2.27. The van der Waals surface area contributed by atoms with E-state index in [4.69, 9.17) is 11.5 Å². The third kappa shape index (κ3) is 6.08. The molecule has 1 saturated heterocycles. The average molecular weight is 542 g/mol. The summed E-state index contributed by atoms with van der Waals surface area (Å²) in [5, 5.41) is 8.94. The van der Waals surface area contributed by atoms with Gasteiger partial charge in [-0.05, 0) is 68.7 Å². The van der Waals surface area contributed by atoms with Crippen molar-refractivity contribution in [3.05, 3.63) is 52.8 Å². The van der Waals surface area contributed by atoms with Gasteiger partial charge in [-0.2, -0.15) is 23.4 Å². The Labute approximate surface area is 223 Å². The fourth-order valence-electron chi connectivity index (χ4n) is 4.86. The number of anilines is 1. The van der Waals surface area contributed by atoms with Crippen molar-refractivity contribution in [3.8, 4) is 23.1 Å². The Morgan fingerprint density at radius 3 is 2.49 bits per heavy atom. The smallest absolute Gasteiger partial charge is 0.383 e. The molecule has 0 bridgehead atoms. The number of likely N-dealkylation sites (tertiary alicyclic amines) is 1. The van der Waals surface area contributed by atoms with E-state index in [1.807, 2.05) is 0 Å². The summed E-state index contributed by atoms with van der Waals surface area (Å²) in [4.78, 5) is 26.3. The van der Waals surface area contributed by atoms with Gasteiger partial charge in [-0.15, -0.1) is 0 Å². The second-order valence-electron chi connectivity index (χ2n) is 9.59. The van der Waals surface area contributed by atoms with E-state index in [0.717, 1.165) is 12.1 Å². The summed E-state index contributed by atoms with van der Waals surface area (Å²) in [6.07, 6.45) is 1.41. The molecule has 2 aromatic heterocycles. The summed E-state index contributed by atoms with van der Waals surface area (Å²) in [6.45, 7) is 4.57. The molecule has 0 unspecified atom stereocenters. The number of nitrogens with zero attached hydrogens (tertiary/aromatic N) is 5. The maximum atomic E-state index is 13.2. The first-order chi connectivity index (χ1) is 18.5. The van der Waals surface area contributed by atoms with E-state index in [1.165, 1.54) is 16.9 Å². The van der Waals surface area contributed by atoms with Crippen molar-refractivity contribution in [3.63, 3.8) is 0 Å². The van der Waals surface area contributed by atoms with Crippen LogP contribution in [0.4, 0.5) is 19.0 Å². The molecule has 0 radical (unpaired) electrons. The molecule has 206 valence electrons. The lowest BCUT2D eigenvalue weighted by atomic mass is 10.0. The van der Waals surface area contributed by atoms with Crippen LogP contribution < -0.4 is 11.5 Å². The fourth-order valence-corrected chi connectivity index (χ4v) is 4.86. The number of nitrogen functional groups attached to an aromatic ring is 1. The Hall–Kier alpha value is -4.27. The number of carbonyl (C=O) groups is 2. The zero-order valence-electron chi connectivity index (χ0n) is 21.8. The third-order valence-corrected chi connectivity index (χ3v) is 6.91. The van der Waals surface area contributed by atoms with Gasteiger partial charge in [0.1, 0.15) is 17.1 Å². The molecule has 9 nitrogen and oxygen atoms in total. The van der Waals surface area contributed by atoms with Gasteiger partial charge in [0.2, 0.25) is 0 Å². The number of benzene rings is 1. The average Bonchev–Trinajstić information content (AvgIpc) is 3.44. The number of nitrogens with two attached hydrogens (primary N) is 2. The predicted molar refractivity (Wildman–Crippen MR) is 139 cm³/mol. The van der Waals surface area contributed by atoms with Crippen molar-refractivity contribution >= 4 is 17.6 Å². The van der Waals surface area contributed by atoms with Crippen molar-refractivity contribution in [2.75, 3.05) is 18.8 Å². The van der Waals surface area contributed by atoms with E-state index in [2.05, 4.69) is 22.0 Å². The molecule has 1 aliphatic heterocycles. The first-order valence-electron chi connectivity index (χ1n) is 12.6. The molecule has 4 N–H and O–H groups in total. The second-order valence-corrected chi connectivity index (χ2v) is 9.59. The van der Waals surface area contributed by atoms with Crippen molar-refractivity contribution < 1.29 is 22.8 Å². The molecule has 0 atom stereocenters. The molecule has 1 fully saturated rings. The van der Waals surface area contributed by atoms with Gasteiger partial charge in [0.25, 0.3) is 11.8 Å². The zero-order chi connectivity index (χ0) is 28.3. The number of alkyl halides is 3. The number of rotatable bonds is 5. The summed E-state index contributed by atoms with van der Waals surface area (Å²) >= 11 is 0. The summed E-state index contributed by atoms with van der Waals surface area (Å²) < 4.78 is 42.7. The highest BCUT2D eigenvalue weighted by molar-refractivity contribution is 6.03. The molecule has 4 rings (SSSR count). The van der Waals surface area contributed by atoms with Crippen molar-refractivity contribution in [1.82, 2.24) is 24.5 Å². The molecule has 1 aliphatic rings. The van der Waals surface area contributed by atoms with Crippen LogP contribution in [0.25, 0.3) is 11.3 Å². The number of hydrogen-bond acceptors (Lipinski definition) is 5. The minimum atomic E-state index is -4.45. The van der Waals surface area contributed by atoms with E-state index in [0.29, 0.717) is 55.5 Å². The second kappa shape index (κ2) is 11.2. The molecule has 3 aromatic rings. The highest BCUT2D eigenvalue weighted by atomic mass is 19.4. The molecular formula is C27H30F3N7O2. The van der Waals surface area contributed by atoms with E-state index >= 15 is 0 Å². The van der Waals surface area contributed by atoms with E-state index in [-0.39, 0.29) is 35.6 Å². The van der Waals surface area contributed by atoms with Crippen LogP contribution in [0.1, 0.15) is 65.7 Å². The van der Waals surface area contributed by atoms with Gasteiger partial charge in [0, 0.05) is 24.8 Å². The Balaban J connectivity index is 1.58. The Bertz CT molecular complexity index is 1440. The summed E-state index contributed by atoms with van der Waals surface area (Å²) in [5.74, 6) is 4.43. The van der Waals surface area contributed by atoms with Gasteiger partial charge in [0.05, 0.1) is 24.3 Å². The normalized spacial score (nSPS) is 14.8. The van der Waals surface area contributed by atoms with Gasteiger partial charge in [-0.25, -0.2) is 4.68 Å². The van der Waals surface area contributed by atoms with Gasteiger partial charge in [-0.1, -0.05) is 12.0 Å². The minimum Gasteiger partial charge on any atom is -0.383 e. The van der Waals surface area contributed by atoms with Crippen LogP contribution in [0.15, 0.2) is 30.6 Å². The SMILES string of the molecule is CC#CC(=O)N1CCCC(n2nc(-c3cnn(Cc4cc(C(F)(F)F)ccc4C)c3)c(C(N)=O)c2N)CCC1. The van der Waals surface area contributed by atoms with Gasteiger partial charge in [0.15, 0.2) is 0 Å². The molecular weight excluding hydrogens is 511 g/mol. The highest BCUT2D eigenvalue weighted by Gasteiger charge is 2.31. The van der Waals surface area contributed by atoms with Crippen LogP contribution >= 0.6 is 0 Å². The van der Waals surface area contributed by atoms with E-state index in [9.17, 15) is 22.8 Å². The largest absolute Gasteiger partial charge is 0.416 e. The Morgan fingerprint density at radius 2 is 1.87 bits per heavy atom. The molecule has 1 aromatic carbocycles. The number of primary amides is 1. The quantitative estimate of drug-likeness (QED) is 0.476. The predicted octanol–water partition coefficient (Wildman–Crippen LogP) is 3.77. The monoisotopic (exact) mass is 541 g/mol. The lowest BCUT2D eigenvalue weighted by molar-refractivity contribution is -0.137. The first-order valence-corrected chi connectivity index (χ1v) is 12.6. The van der Waals surface area contributed by atoms with Crippen LogP contribution in [0.3, 0.4) is 0 Å². The molecule has 12 heteroatoms. The summed E-state index contributed by atoms with van der Waals surface area (Å²) in [7, 11) is 0. The van der Waals surface area contributed by atoms with Gasteiger partial charge >= 0.3 is 6.18 Å². The van der Waals surface area contributed by atoms with Crippen LogP contribution in [0, 0.1) is 18.8 Å². The fraction of sp³-hybridized carbons (Fsp3) is 0.407.